The average molecular weight is 233 g/mol. The molecule has 0 spiro atoms. The van der Waals surface area contributed by atoms with Crippen LogP contribution in [0.15, 0.2) is 12.7 Å². The third-order valence-electron chi connectivity index (χ3n) is 2.71. The van der Waals surface area contributed by atoms with Crippen LogP contribution in [0.1, 0.15) is 32.1 Å². The fraction of sp³-hybridized carbons (Fsp3) is 0.800. The van der Waals surface area contributed by atoms with Crippen molar-refractivity contribution in [1.82, 2.24) is 0 Å². The van der Waals surface area contributed by atoms with Crippen LogP contribution in [0, 0.1) is 0 Å². The first kappa shape index (κ1) is 12.7. The van der Waals surface area contributed by atoms with Crippen LogP contribution in [0.5, 0.6) is 0 Å². The van der Waals surface area contributed by atoms with E-state index in [9.17, 15) is 8.42 Å². The van der Waals surface area contributed by atoms with Crippen LogP contribution in [0.2, 0.25) is 0 Å². The lowest BCUT2D eigenvalue weighted by Crippen LogP contribution is -2.31. The van der Waals surface area contributed by atoms with Gasteiger partial charge in [-0.05, 0) is 32.1 Å². The van der Waals surface area contributed by atoms with Crippen molar-refractivity contribution in [3.63, 3.8) is 0 Å². The second-order valence-corrected chi connectivity index (χ2v) is 5.79. The lowest BCUT2D eigenvalue weighted by molar-refractivity contribution is 0.103. The van der Waals surface area contributed by atoms with Gasteiger partial charge in [-0.15, -0.1) is 6.58 Å². The van der Waals surface area contributed by atoms with Gasteiger partial charge in [-0.1, -0.05) is 6.08 Å². The zero-order valence-electron chi connectivity index (χ0n) is 8.89. The average Bonchev–Trinajstić information content (AvgIpc) is 2.62. The Labute approximate surface area is 91.5 Å². The van der Waals surface area contributed by atoms with E-state index in [1.807, 2.05) is 0 Å². The van der Waals surface area contributed by atoms with Crippen molar-refractivity contribution in [2.75, 3.05) is 6.61 Å². The van der Waals surface area contributed by atoms with E-state index < -0.39 is 15.3 Å². The van der Waals surface area contributed by atoms with Gasteiger partial charge in [-0.3, -0.25) is 0 Å². The van der Waals surface area contributed by atoms with E-state index in [1.54, 1.807) is 6.08 Å². The SMILES string of the molecule is C=CCC[C@@H](C[C@@H]1CCCO1)S(N)(=O)=O. The van der Waals surface area contributed by atoms with E-state index in [-0.39, 0.29) is 6.10 Å². The summed E-state index contributed by atoms with van der Waals surface area (Å²) in [5.41, 5.74) is 0. The van der Waals surface area contributed by atoms with Crippen LogP contribution in [0.4, 0.5) is 0 Å². The number of hydrogen-bond acceptors (Lipinski definition) is 3. The van der Waals surface area contributed by atoms with Gasteiger partial charge in [0, 0.05) is 6.61 Å². The Bertz CT molecular complexity index is 294. The maximum atomic E-state index is 11.3. The van der Waals surface area contributed by atoms with Gasteiger partial charge in [0.2, 0.25) is 10.0 Å². The largest absolute Gasteiger partial charge is 0.378 e. The van der Waals surface area contributed by atoms with Crippen molar-refractivity contribution >= 4 is 10.0 Å². The molecule has 1 saturated heterocycles. The van der Waals surface area contributed by atoms with E-state index in [0.29, 0.717) is 19.3 Å². The molecule has 0 unspecified atom stereocenters. The normalized spacial score (nSPS) is 23.9. The first-order valence-corrected chi connectivity index (χ1v) is 6.89. The fourth-order valence-electron chi connectivity index (χ4n) is 1.84. The van der Waals surface area contributed by atoms with E-state index in [1.165, 1.54) is 0 Å². The Morgan fingerprint density at radius 2 is 2.33 bits per heavy atom. The number of primary sulfonamides is 1. The second kappa shape index (κ2) is 5.63. The Hall–Kier alpha value is -0.390. The molecule has 1 rings (SSSR count). The van der Waals surface area contributed by atoms with E-state index in [4.69, 9.17) is 9.88 Å². The number of hydrogen-bond donors (Lipinski definition) is 1. The lowest BCUT2D eigenvalue weighted by atomic mass is 10.1. The summed E-state index contributed by atoms with van der Waals surface area (Å²) in [5, 5.41) is 4.69. The van der Waals surface area contributed by atoms with Gasteiger partial charge in [0.25, 0.3) is 0 Å². The van der Waals surface area contributed by atoms with Gasteiger partial charge in [0.15, 0.2) is 0 Å². The maximum Gasteiger partial charge on any atom is 0.212 e. The predicted octanol–water partition coefficient (Wildman–Crippen LogP) is 1.18. The first-order chi connectivity index (χ1) is 7.04. The molecule has 0 aromatic carbocycles. The van der Waals surface area contributed by atoms with Gasteiger partial charge in [0.05, 0.1) is 11.4 Å². The standard InChI is InChI=1S/C10H19NO3S/c1-2-3-6-10(15(11,12)13)8-9-5-4-7-14-9/h2,9-10H,1,3-8H2,(H2,11,12,13)/t9-,10-/m0/s1. The third-order valence-corrected chi connectivity index (χ3v) is 4.06. The zero-order valence-corrected chi connectivity index (χ0v) is 9.71. The molecule has 0 saturated carbocycles. The highest BCUT2D eigenvalue weighted by molar-refractivity contribution is 7.89. The molecule has 0 aromatic heterocycles. The summed E-state index contributed by atoms with van der Waals surface area (Å²) >= 11 is 0. The molecule has 1 aliphatic heterocycles. The van der Waals surface area contributed by atoms with Crippen molar-refractivity contribution in [3.05, 3.63) is 12.7 Å². The first-order valence-electron chi connectivity index (χ1n) is 5.28. The zero-order chi connectivity index (χ0) is 11.3. The topological polar surface area (TPSA) is 69.4 Å². The molecule has 2 atom stereocenters. The molecular formula is C10H19NO3S. The molecule has 0 bridgehead atoms. The lowest BCUT2D eigenvalue weighted by Gasteiger charge is -2.17. The van der Waals surface area contributed by atoms with Gasteiger partial charge < -0.3 is 4.74 Å². The van der Waals surface area contributed by atoms with Crippen LogP contribution in [0.3, 0.4) is 0 Å². The molecule has 0 aliphatic carbocycles. The van der Waals surface area contributed by atoms with Gasteiger partial charge in [-0.2, -0.15) is 0 Å². The molecule has 4 nitrogen and oxygen atoms in total. The Balaban J connectivity index is 2.51. The monoisotopic (exact) mass is 233 g/mol. The molecule has 0 amide bonds. The van der Waals surface area contributed by atoms with Crippen LogP contribution in [-0.4, -0.2) is 26.4 Å². The minimum absolute atomic E-state index is 0.0677. The number of allylic oxidation sites excluding steroid dienone is 1. The van der Waals surface area contributed by atoms with Crippen LogP contribution in [0.25, 0.3) is 0 Å². The van der Waals surface area contributed by atoms with Crippen molar-refractivity contribution in [2.45, 2.75) is 43.5 Å². The number of sulfonamides is 1. The van der Waals surface area contributed by atoms with E-state index >= 15 is 0 Å². The summed E-state index contributed by atoms with van der Waals surface area (Å²) in [7, 11) is -3.45. The summed E-state index contributed by atoms with van der Waals surface area (Å²) in [6.07, 6.45) is 5.48. The molecule has 1 heterocycles. The van der Waals surface area contributed by atoms with Crippen LogP contribution >= 0.6 is 0 Å². The van der Waals surface area contributed by atoms with Crippen molar-refractivity contribution in [2.24, 2.45) is 5.14 Å². The van der Waals surface area contributed by atoms with Gasteiger partial charge >= 0.3 is 0 Å². The molecule has 0 aromatic rings. The smallest absolute Gasteiger partial charge is 0.212 e. The Morgan fingerprint density at radius 1 is 1.60 bits per heavy atom. The van der Waals surface area contributed by atoms with E-state index in [2.05, 4.69) is 6.58 Å². The molecule has 1 aliphatic rings. The van der Waals surface area contributed by atoms with Crippen molar-refractivity contribution in [1.29, 1.82) is 0 Å². The van der Waals surface area contributed by atoms with Gasteiger partial charge in [0.1, 0.15) is 0 Å². The molecule has 1 fully saturated rings. The van der Waals surface area contributed by atoms with Crippen molar-refractivity contribution < 1.29 is 13.2 Å². The summed E-state index contributed by atoms with van der Waals surface area (Å²) in [6, 6.07) is 0. The Kier molecular flexibility index (Phi) is 4.76. The summed E-state index contributed by atoms with van der Waals surface area (Å²) in [5.74, 6) is 0. The minimum Gasteiger partial charge on any atom is -0.378 e. The van der Waals surface area contributed by atoms with Crippen LogP contribution < -0.4 is 5.14 Å². The minimum atomic E-state index is -3.45. The van der Waals surface area contributed by atoms with Crippen LogP contribution in [-0.2, 0) is 14.8 Å². The fourth-order valence-corrected chi connectivity index (χ4v) is 2.79. The summed E-state index contributed by atoms with van der Waals surface area (Å²) in [4.78, 5) is 0. The Morgan fingerprint density at radius 3 is 2.80 bits per heavy atom. The molecule has 0 radical (unpaired) electrons. The number of ether oxygens (including phenoxy) is 1. The molecule has 15 heavy (non-hydrogen) atoms. The highest BCUT2D eigenvalue weighted by Crippen LogP contribution is 2.21. The highest BCUT2D eigenvalue weighted by Gasteiger charge is 2.27. The quantitative estimate of drug-likeness (QED) is 0.700. The van der Waals surface area contributed by atoms with Gasteiger partial charge in [-0.25, -0.2) is 13.6 Å². The molecule has 5 heteroatoms. The molecular weight excluding hydrogens is 214 g/mol. The number of rotatable bonds is 6. The van der Waals surface area contributed by atoms with Crippen molar-refractivity contribution in [3.8, 4) is 0 Å². The number of nitrogens with two attached hydrogens (primary N) is 1. The molecule has 88 valence electrons. The third kappa shape index (κ3) is 4.32. The predicted molar refractivity (Wildman–Crippen MR) is 59.9 cm³/mol. The molecule has 2 N–H and O–H groups in total. The summed E-state index contributed by atoms with van der Waals surface area (Å²) < 4.78 is 28.0. The maximum absolute atomic E-state index is 11.3. The highest BCUT2D eigenvalue weighted by atomic mass is 32.2. The van der Waals surface area contributed by atoms with E-state index in [0.717, 1.165) is 19.4 Å². The summed E-state index contributed by atoms with van der Waals surface area (Å²) in [6.45, 7) is 4.32. The second-order valence-electron chi connectivity index (χ2n) is 3.95.